The quantitative estimate of drug-likeness (QED) is 0.812. The molecule has 0 aliphatic rings. The number of rotatable bonds is 3. The average Bonchev–Trinajstić information content (AvgIpc) is 2.89. The van der Waals surface area contributed by atoms with Gasteiger partial charge in [0.25, 0.3) is 5.91 Å². The van der Waals surface area contributed by atoms with E-state index in [0.717, 1.165) is 0 Å². The maximum Gasteiger partial charge on any atom is 0.268 e. The Morgan fingerprint density at radius 1 is 1.40 bits per heavy atom. The summed E-state index contributed by atoms with van der Waals surface area (Å²) in [5, 5.41) is 14.0. The second-order valence-electron chi connectivity index (χ2n) is 4.37. The first kappa shape index (κ1) is 13.7. The van der Waals surface area contributed by atoms with Gasteiger partial charge >= 0.3 is 0 Å². The van der Waals surface area contributed by atoms with E-state index in [-0.39, 0.29) is 24.2 Å². The van der Waals surface area contributed by atoms with Crippen molar-refractivity contribution in [1.82, 2.24) is 24.8 Å². The summed E-state index contributed by atoms with van der Waals surface area (Å²) in [5.41, 5.74) is 7.47. The van der Waals surface area contributed by atoms with E-state index in [1.807, 2.05) is 0 Å². The molecule has 9 heteroatoms. The minimum Gasteiger partial charge on any atom is -0.396 e. The molecular weight excluding hydrogens is 262 g/mol. The van der Waals surface area contributed by atoms with Gasteiger partial charge in [0.2, 0.25) is 5.91 Å². The monoisotopic (exact) mass is 277 g/mol. The molecular formula is C11H15N7O2. The van der Waals surface area contributed by atoms with Gasteiger partial charge < -0.3 is 11.1 Å². The largest absolute Gasteiger partial charge is 0.396 e. The van der Waals surface area contributed by atoms with E-state index in [2.05, 4.69) is 20.7 Å². The fourth-order valence-corrected chi connectivity index (χ4v) is 1.72. The van der Waals surface area contributed by atoms with Gasteiger partial charge in [-0.3, -0.25) is 9.59 Å². The molecule has 0 unspecified atom stereocenters. The van der Waals surface area contributed by atoms with Gasteiger partial charge in [-0.2, -0.15) is 5.10 Å². The Morgan fingerprint density at radius 3 is 2.65 bits per heavy atom. The first-order valence-electron chi connectivity index (χ1n) is 5.91. The van der Waals surface area contributed by atoms with Gasteiger partial charge in [0, 0.05) is 6.92 Å². The van der Waals surface area contributed by atoms with Gasteiger partial charge in [-0.15, -0.1) is 5.10 Å². The van der Waals surface area contributed by atoms with Crippen molar-refractivity contribution in [3.05, 3.63) is 17.6 Å². The Kier molecular flexibility index (Phi) is 3.51. The van der Waals surface area contributed by atoms with Crippen molar-refractivity contribution < 1.29 is 9.59 Å². The number of amides is 1. The zero-order chi connectivity index (χ0) is 14.9. The van der Waals surface area contributed by atoms with E-state index in [4.69, 9.17) is 5.73 Å². The molecule has 0 bridgehead atoms. The van der Waals surface area contributed by atoms with Crippen LogP contribution in [-0.2, 0) is 11.3 Å². The molecule has 2 rings (SSSR count). The highest BCUT2D eigenvalue weighted by molar-refractivity contribution is 5.87. The van der Waals surface area contributed by atoms with Crippen LogP contribution in [-0.4, -0.2) is 36.6 Å². The van der Waals surface area contributed by atoms with Gasteiger partial charge in [0.15, 0.2) is 5.82 Å². The van der Waals surface area contributed by atoms with Crippen LogP contribution in [0.2, 0.25) is 0 Å². The summed E-state index contributed by atoms with van der Waals surface area (Å²) in [6.07, 6.45) is 1.47. The molecule has 2 heterocycles. The van der Waals surface area contributed by atoms with E-state index in [0.29, 0.717) is 17.1 Å². The lowest BCUT2D eigenvalue weighted by Gasteiger charge is -2.02. The lowest BCUT2D eigenvalue weighted by atomic mass is 10.3. The van der Waals surface area contributed by atoms with Crippen molar-refractivity contribution in [2.45, 2.75) is 27.3 Å². The number of aromatic nitrogens is 5. The molecule has 2 aromatic rings. The van der Waals surface area contributed by atoms with E-state index < -0.39 is 0 Å². The smallest absolute Gasteiger partial charge is 0.268 e. The topological polar surface area (TPSA) is 121 Å². The Morgan fingerprint density at radius 2 is 2.10 bits per heavy atom. The van der Waals surface area contributed by atoms with Crippen molar-refractivity contribution in [3.63, 3.8) is 0 Å². The van der Waals surface area contributed by atoms with Gasteiger partial charge in [-0.05, 0) is 13.8 Å². The predicted molar refractivity (Wildman–Crippen MR) is 71.1 cm³/mol. The molecule has 0 radical (unpaired) electrons. The molecule has 0 saturated carbocycles. The third-order valence-corrected chi connectivity index (χ3v) is 2.72. The number of anilines is 2. The summed E-state index contributed by atoms with van der Waals surface area (Å²) in [6, 6.07) is 0. The van der Waals surface area contributed by atoms with Crippen molar-refractivity contribution >= 4 is 23.3 Å². The highest BCUT2D eigenvalue weighted by Crippen LogP contribution is 2.14. The van der Waals surface area contributed by atoms with Crippen LogP contribution < -0.4 is 11.1 Å². The average molecular weight is 277 g/mol. The number of nitrogen functional groups attached to an aromatic ring is 1. The maximum atomic E-state index is 12.1. The molecule has 0 aliphatic carbocycles. The number of carbonyl (C=O) groups excluding carboxylic acids is 2. The number of nitrogens with one attached hydrogen (secondary N) is 1. The second-order valence-corrected chi connectivity index (χ2v) is 4.37. The van der Waals surface area contributed by atoms with Gasteiger partial charge in [-0.25, -0.2) is 9.36 Å². The van der Waals surface area contributed by atoms with Crippen LogP contribution in [0.5, 0.6) is 0 Å². The molecule has 20 heavy (non-hydrogen) atoms. The normalized spacial score (nSPS) is 10.6. The number of hydrogen-bond acceptors (Lipinski definition) is 6. The zero-order valence-electron chi connectivity index (χ0n) is 11.4. The summed E-state index contributed by atoms with van der Waals surface area (Å²) >= 11 is 0. The predicted octanol–water partition coefficient (Wildman–Crippen LogP) is -0.0276. The molecule has 0 atom stereocenters. The molecule has 9 nitrogen and oxygen atoms in total. The van der Waals surface area contributed by atoms with Gasteiger partial charge in [-0.1, -0.05) is 5.21 Å². The van der Waals surface area contributed by atoms with Crippen molar-refractivity contribution in [1.29, 1.82) is 0 Å². The molecule has 3 N–H and O–H groups in total. The molecule has 0 fully saturated rings. The highest BCUT2D eigenvalue weighted by atomic mass is 16.2. The third-order valence-electron chi connectivity index (χ3n) is 2.72. The summed E-state index contributed by atoms with van der Waals surface area (Å²) < 4.78 is 2.56. The maximum absolute atomic E-state index is 12.1. The van der Waals surface area contributed by atoms with E-state index in [1.54, 1.807) is 13.8 Å². The summed E-state index contributed by atoms with van der Waals surface area (Å²) in [6.45, 7) is 4.77. The Balaban J connectivity index is 2.13. The van der Waals surface area contributed by atoms with Gasteiger partial charge in [0.05, 0.1) is 23.3 Å². The van der Waals surface area contributed by atoms with Crippen LogP contribution in [0.1, 0.15) is 23.1 Å². The Labute approximate surface area is 114 Å². The zero-order valence-corrected chi connectivity index (χ0v) is 11.4. The number of nitrogens with two attached hydrogens (primary N) is 1. The molecule has 0 aromatic carbocycles. The highest BCUT2D eigenvalue weighted by Gasteiger charge is 2.15. The van der Waals surface area contributed by atoms with Crippen LogP contribution in [0.4, 0.5) is 11.5 Å². The minimum atomic E-state index is -0.290. The number of hydrogen-bond donors (Lipinski definition) is 2. The fraction of sp³-hybridized carbons (Fsp3) is 0.364. The van der Waals surface area contributed by atoms with Crippen molar-refractivity contribution in [2.24, 2.45) is 0 Å². The Bertz CT molecular complexity index is 670. The van der Waals surface area contributed by atoms with Crippen molar-refractivity contribution in [2.75, 3.05) is 11.1 Å². The summed E-state index contributed by atoms with van der Waals surface area (Å²) in [7, 11) is 0. The third kappa shape index (κ3) is 2.66. The minimum absolute atomic E-state index is 0.0476. The second kappa shape index (κ2) is 5.11. The summed E-state index contributed by atoms with van der Waals surface area (Å²) in [5.74, 6) is -0.255. The fourth-order valence-electron chi connectivity index (χ4n) is 1.72. The van der Waals surface area contributed by atoms with Crippen LogP contribution in [0.3, 0.4) is 0 Å². The number of nitrogens with zero attached hydrogens (tertiary/aromatic N) is 5. The molecule has 0 spiro atoms. The number of carbonyl (C=O) groups is 2. The molecule has 106 valence electrons. The molecule has 1 amide bonds. The number of aryl methyl sites for hydroxylation is 1. The Hall–Kier alpha value is -2.71. The van der Waals surface area contributed by atoms with E-state index in [9.17, 15) is 9.59 Å². The molecule has 2 aromatic heterocycles. The standard InChI is InChI=1S/C11H15N7O2/c1-6-11(12)7(2)18(15-6)10(20)5-17-4-9(14-16-17)13-8(3)19/h4H,5,12H2,1-3H3,(H,13,19). The lowest BCUT2D eigenvalue weighted by Crippen LogP contribution is -2.20. The van der Waals surface area contributed by atoms with Crippen LogP contribution in [0.25, 0.3) is 0 Å². The van der Waals surface area contributed by atoms with E-state index >= 15 is 0 Å². The van der Waals surface area contributed by atoms with Crippen LogP contribution in [0.15, 0.2) is 6.20 Å². The van der Waals surface area contributed by atoms with Crippen LogP contribution in [0, 0.1) is 13.8 Å². The molecule has 0 saturated heterocycles. The van der Waals surface area contributed by atoms with Gasteiger partial charge in [0.1, 0.15) is 6.54 Å². The lowest BCUT2D eigenvalue weighted by molar-refractivity contribution is -0.114. The molecule has 0 aliphatic heterocycles. The van der Waals surface area contributed by atoms with Crippen molar-refractivity contribution in [3.8, 4) is 0 Å². The SMILES string of the molecule is CC(=O)Nc1cn(CC(=O)n2nc(C)c(N)c2C)nn1. The van der Waals surface area contributed by atoms with Crippen LogP contribution >= 0.6 is 0 Å². The van der Waals surface area contributed by atoms with E-state index in [1.165, 1.54) is 22.5 Å². The first-order valence-corrected chi connectivity index (χ1v) is 5.91. The first-order chi connectivity index (χ1) is 9.38. The summed E-state index contributed by atoms with van der Waals surface area (Å²) in [4.78, 5) is 23.0.